The van der Waals surface area contributed by atoms with Crippen LogP contribution in [0.25, 0.3) is 10.9 Å². The average molecular weight is 366 g/mol. The number of aromatic nitrogens is 1. The minimum Gasteiger partial charge on any atom is -0.388 e. The van der Waals surface area contributed by atoms with Crippen LogP contribution in [0.2, 0.25) is 0 Å². The largest absolute Gasteiger partial charge is 0.388 e. The van der Waals surface area contributed by atoms with Crippen LogP contribution in [0.1, 0.15) is 30.4 Å². The Labute approximate surface area is 159 Å². The summed E-state index contributed by atoms with van der Waals surface area (Å²) >= 11 is 0. The van der Waals surface area contributed by atoms with Crippen molar-refractivity contribution in [2.75, 3.05) is 20.7 Å². The molecular weight excluding hydrogens is 340 g/mol. The summed E-state index contributed by atoms with van der Waals surface area (Å²) in [5, 5.41) is 12.3. The van der Waals surface area contributed by atoms with Crippen molar-refractivity contribution >= 4 is 16.7 Å². The number of H-pyrrole nitrogens is 1. The third kappa shape index (κ3) is 2.38. The minimum absolute atomic E-state index is 0.0408. The number of allylic oxidation sites excluding steroid dienone is 1. The van der Waals surface area contributed by atoms with Crippen LogP contribution in [-0.2, 0) is 21.6 Å². The molecule has 3 aliphatic rings. The number of methoxy groups -OCH3 is 1. The molecule has 1 aromatic heterocycles. The first-order valence-electron chi connectivity index (χ1n) is 9.79. The first kappa shape index (κ1) is 17.2. The zero-order valence-corrected chi connectivity index (χ0v) is 15.9. The number of carbonyl (C=O) groups excluding carboxylic acids is 1. The smallest absolute Gasteiger partial charge is 0.156 e. The highest BCUT2D eigenvalue weighted by molar-refractivity contribution is 5.93. The second kappa shape index (κ2) is 6.03. The van der Waals surface area contributed by atoms with Gasteiger partial charge in [-0.25, -0.2) is 0 Å². The fourth-order valence-electron chi connectivity index (χ4n) is 5.73. The number of hydrogen-bond donors (Lipinski definition) is 2. The lowest BCUT2D eigenvalue weighted by Crippen LogP contribution is -2.60. The zero-order valence-electron chi connectivity index (χ0n) is 15.9. The summed E-state index contributed by atoms with van der Waals surface area (Å²) < 4.78 is 6.28. The predicted octanol–water partition coefficient (Wildman–Crippen LogP) is 2.54. The van der Waals surface area contributed by atoms with Gasteiger partial charge in [-0.05, 0) is 55.2 Å². The van der Waals surface area contributed by atoms with E-state index in [4.69, 9.17) is 4.74 Å². The molecule has 1 aromatic carbocycles. The number of nitrogens with zero attached hydrogens (tertiary/aromatic N) is 1. The number of fused-ring (bicyclic) bond motifs is 2. The monoisotopic (exact) mass is 366 g/mol. The normalized spacial score (nSPS) is 31.8. The highest BCUT2D eigenvalue weighted by Crippen LogP contribution is 2.50. The lowest BCUT2D eigenvalue weighted by molar-refractivity contribution is -0.137. The summed E-state index contributed by atoms with van der Waals surface area (Å²) in [6, 6.07) is 6.61. The molecule has 5 rings (SSSR count). The number of piperidine rings is 1. The molecule has 5 nitrogen and oxygen atoms in total. The SMILES string of the molecule is CO[C@]12CC(C(O)C3=CC(=O)CC3)CN(C)[C@@H]1Cc1c[nH]c3cccc2c13. The molecule has 1 aliphatic heterocycles. The highest BCUT2D eigenvalue weighted by atomic mass is 16.5. The van der Waals surface area contributed by atoms with Crippen LogP contribution in [-0.4, -0.2) is 53.6 Å². The maximum absolute atomic E-state index is 11.7. The van der Waals surface area contributed by atoms with Crippen LogP contribution in [0.5, 0.6) is 0 Å². The zero-order chi connectivity index (χ0) is 18.8. The molecule has 0 amide bonds. The molecule has 1 fully saturated rings. The first-order chi connectivity index (χ1) is 13.0. The van der Waals surface area contributed by atoms with Gasteiger partial charge in [0.15, 0.2) is 5.78 Å². The van der Waals surface area contributed by atoms with E-state index < -0.39 is 11.7 Å². The summed E-state index contributed by atoms with van der Waals surface area (Å²) in [5.41, 5.74) is 4.14. The molecule has 0 bridgehead atoms. The number of hydrogen-bond acceptors (Lipinski definition) is 4. The van der Waals surface area contributed by atoms with E-state index in [-0.39, 0.29) is 17.7 Å². The molecule has 142 valence electrons. The van der Waals surface area contributed by atoms with Crippen molar-refractivity contribution in [3.8, 4) is 0 Å². The van der Waals surface area contributed by atoms with E-state index in [1.54, 1.807) is 13.2 Å². The van der Waals surface area contributed by atoms with Gasteiger partial charge >= 0.3 is 0 Å². The van der Waals surface area contributed by atoms with E-state index in [9.17, 15) is 9.90 Å². The third-order valence-corrected chi connectivity index (χ3v) is 7.01. The quantitative estimate of drug-likeness (QED) is 0.876. The minimum atomic E-state index is -0.585. The summed E-state index contributed by atoms with van der Waals surface area (Å²) in [5.74, 6) is 0.172. The number of rotatable bonds is 3. The third-order valence-electron chi connectivity index (χ3n) is 7.01. The Bertz CT molecular complexity index is 946. The summed E-state index contributed by atoms with van der Waals surface area (Å²) in [7, 11) is 3.92. The van der Waals surface area contributed by atoms with Gasteiger partial charge in [-0.2, -0.15) is 0 Å². The van der Waals surface area contributed by atoms with E-state index in [0.717, 1.165) is 30.5 Å². The van der Waals surface area contributed by atoms with Gasteiger partial charge in [0.2, 0.25) is 0 Å². The lowest BCUT2D eigenvalue weighted by Gasteiger charge is -2.53. The molecule has 2 heterocycles. The maximum atomic E-state index is 11.7. The van der Waals surface area contributed by atoms with E-state index in [0.29, 0.717) is 12.8 Å². The molecule has 4 atom stereocenters. The Kier molecular flexibility index (Phi) is 3.83. The Morgan fingerprint density at radius 2 is 2.22 bits per heavy atom. The van der Waals surface area contributed by atoms with Crippen LogP contribution in [0.15, 0.2) is 36.0 Å². The number of likely N-dealkylation sites (tertiary alicyclic amines) is 1. The van der Waals surface area contributed by atoms with Crippen LogP contribution in [0.3, 0.4) is 0 Å². The highest BCUT2D eigenvalue weighted by Gasteiger charge is 2.53. The summed E-state index contributed by atoms with van der Waals surface area (Å²) in [6.07, 6.45) is 6.10. The van der Waals surface area contributed by atoms with Crippen molar-refractivity contribution in [1.29, 1.82) is 0 Å². The van der Waals surface area contributed by atoms with Crippen LogP contribution in [0.4, 0.5) is 0 Å². The van der Waals surface area contributed by atoms with Crippen molar-refractivity contribution < 1.29 is 14.6 Å². The van der Waals surface area contributed by atoms with Gasteiger partial charge in [-0.3, -0.25) is 9.69 Å². The number of aromatic amines is 1. The molecule has 2 N–H and O–H groups in total. The lowest BCUT2D eigenvalue weighted by atomic mass is 9.67. The van der Waals surface area contributed by atoms with Gasteiger partial charge in [-0.1, -0.05) is 12.1 Å². The molecule has 1 saturated heterocycles. The summed E-state index contributed by atoms with van der Waals surface area (Å²) in [6.45, 7) is 0.804. The molecule has 0 saturated carbocycles. The van der Waals surface area contributed by atoms with Gasteiger partial charge in [0.05, 0.1) is 6.10 Å². The molecule has 5 heteroatoms. The second-order valence-corrected chi connectivity index (χ2v) is 8.39. The topological polar surface area (TPSA) is 65.6 Å². The van der Waals surface area contributed by atoms with E-state index in [1.807, 2.05) is 0 Å². The average Bonchev–Trinajstić information content (AvgIpc) is 3.29. The van der Waals surface area contributed by atoms with Crippen molar-refractivity contribution in [2.24, 2.45) is 5.92 Å². The van der Waals surface area contributed by atoms with E-state index in [1.165, 1.54) is 16.5 Å². The predicted molar refractivity (Wildman–Crippen MR) is 104 cm³/mol. The molecule has 0 radical (unpaired) electrons. The first-order valence-corrected chi connectivity index (χ1v) is 9.79. The number of nitrogens with one attached hydrogen (secondary N) is 1. The molecule has 2 unspecified atom stereocenters. The van der Waals surface area contributed by atoms with Crippen LogP contribution >= 0.6 is 0 Å². The van der Waals surface area contributed by atoms with Crippen LogP contribution < -0.4 is 0 Å². The van der Waals surface area contributed by atoms with Gasteiger partial charge in [0, 0.05) is 49.1 Å². The number of likely N-dealkylation sites (N-methyl/N-ethyl adjacent to an activating group) is 1. The Morgan fingerprint density at radius 3 is 2.96 bits per heavy atom. The van der Waals surface area contributed by atoms with Gasteiger partial charge in [0.25, 0.3) is 0 Å². The fraction of sp³-hybridized carbons (Fsp3) is 0.500. The number of ketones is 1. The van der Waals surface area contributed by atoms with Crippen molar-refractivity contribution in [3.05, 3.63) is 47.2 Å². The molecular formula is C22H26N2O3. The Morgan fingerprint density at radius 1 is 1.37 bits per heavy atom. The van der Waals surface area contributed by atoms with Crippen molar-refractivity contribution in [3.63, 3.8) is 0 Å². The molecule has 2 aromatic rings. The van der Waals surface area contributed by atoms with Gasteiger partial charge in [0.1, 0.15) is 5.60 Å². The van der Waals surface area contributed by atoms with E-state index in [2.05, 4.69) is 41.3 Å². The molecule has 0 spiro atoms. The van der Waals surface area contributed by atoms with E-state index >= 15 is 0 Å². The number of carbonyl (C=O) groups is 1. The number of benzene rings is 1. The van der Waals surface area contributed by atoms with Crippen molar-refractivity contribution in [1.82, 2.24) is 9.88 Å². The van der Waals surface area contributed by atoms with Crippen LogP contribution in [0, 0.1) is 5.92 Å². The maximum Gasteiger partial charge on any atom is 0.156 e. The summed E-state index contributed by atoms with van der Waals surface area (Å²) in [4.78, 5) is 17.4. The van der Waals surface area contributed by atoms with Crippen molar-refractivity contribution in [2.45, 2.75) is 43.4 Å². The molecule has 2 aliphatic carbocycles. The number of ether oxygens (including phenoxy) is 1. The standard InChI is InChI=1S/C22H26N2O3/c1-24-12-15(21(26)13-6-7-16(25)8-13)10-22(27-2)17-4-3-5-18-20(17)14(11-23-18)9-19(22)24/h3-5,8,11,15,19,21,23,26H,6-7,9-10,12H2,1-2H3/t15?,19-,21?,22+/m1/s1. The number of aliphatic hydroxyl groups excluding tert-OH is 1. The Hall–Kier alpha value is -1.95. The number of aliphatic hydroxyl groups is 1. The van der Waals surface area contributed by atoms with Gasteiger partial charge in [-0.15, -0.1) is 0 Å². The second-order valence-electron chi connectivity index (χ2n) is 8.39. The Balaban J connectivity index is 1.59. The fourth-order valence-corrected chi connectivity index (χ4v) is 5.73. The van der Waals surface area contributed by atoms with Gasteiger partial charge < -0.3 is 14.8 Å². The molecule has 27 heavy (non-hydrogen) atoms.